The van der Waals surface area contributed by atoms with Crippen LogP contribution < -0.4 is 10.1 Å². The van der Waals surface area contributed by atoms with Crippen molar-refractivity contribution in [3.63, 3.8) is 0 Å². The fourth-order valence-electron chi connectivity index (χ4n) is 2.38. The molecule has 0 atom stereocenters. The van der Waals surface area contributed by atoms with E-state index in [1.165, 1.54) is 0 Å². The molecule has 1 heterocycles. The van der Waals surface area contributed by atoms with E-state index in [1.807, 2.05) is 31.2 Å². The zero-order valence-electron chi connectivity index (χ0n) is 12.3. The monoisotopic (exact) mass is 295 g/mol. The number of amides is 1. The Balaban J connectivity index is 1.88. The summed E-state index contributed by atoms with van der Waals surface area (Å²) in [5, 5.41) is 13.1. The summed E-state index contributed by atoms with van der Waals surface area (Å²) in [5.74, 6) is 1.28. The maximum atomic E-state index is 11.6. The third kappa shape index (κ3) is 2.81. The van der Waals surface area contributed by atoms with E-state index in [0.717, 1.165) is 12.0 Å². The average molecular weight is 295 g/mol. The zero-order chi connectivity index (χ0) is 15.5. The molecule has 1 aromatic rings. The van der Waals surface area contributed by atoms with Crippen LogP contribution in [0.4, 0.5) is 5.69 Å². The topological polar surface area (TPSA) is 58.6 Å². The lowest BCUT2D eigenvalue weighted by molar-refractivity contribution is -0.116. The molecular weight excluding hydrogens is 278 g/mol. The van der Waals surface area contributed by atoms with Crippen molar-refractivity contribution in [2.24, 2.45) is 0 Å². The van der Waals surface area contributed by atoms with Gasteiger partial charge in [-0.3, -0.25) is 4.79 Å². The Labute approximate surface area is 129 Å². The second-order valence-corrected chi connectivity index (χ2v) is 5.18. The van der Waals surface area contributed by atoms with Crippen LogP contribution in [0.5, 0.6) is 5.75 Å². The van der Waals surface area contributed by atoms with Gasteiger partial charge in [0.25, 0.3) is 0 Å². The maximum absolute atomic E-state index is 11.6. The number of hydrogen-bond donors (Lipinski definition) is 2. The highest BCUT2D eigenvalue weighted by Crippen LogP contribution is 2.35. The van der Waals surface area contributed by atoms with Crippen molar-refractivity contribution in [2.45, 2.75) is 19.8 Å². The quantitative estimate of drug-likeness (QED) is 0.882. The molecule has 0 aromatic heterocycles. The number of fused-ring (bicyclic) bond motifs is 1. The standard InChI is InChI=1S/C18H17NO3/c1-2-5-18(21)19-13-8-9-16-14(10-13)15(20)11-17(22-16)12-6-3-4-7-12/h3-4,6-11,20H,2,5H2,1H3,(H,19,21). The molecule has 22 heavy (non-hydrogen) atoms. The molecule has 2 aliphatic rings. The third-order valence-electron chi connectivity index (χ3n) is 3.45. The SMILES string of the molecule is CCCC(=O)Nc1ccc2c(c1)C(O)=CC(=C1C=CC=C1)O2. The van der Waals surface area contributed by atoms with Crippen molar-refractivity contribution in [3.05, 3.63) is 65.5 Å². The Hall–Kier alpha value is -2.75. The summed E-state index contributed by atoms with van der Waals surface area (Å²) in [7, 11) is 0. The number of ether oxygens (including phenoxy) is 1. The lowest BCUT2D eigenvalue weighted by Gasteiger charge is -2.19. The van der Waals surface area contributed by atoms with Crippen molar-refractivity contribution in [2.75, 3.05) is 5.32 Å². The number of aliphatic hydroxyl groups is 1. The van der Waals surface area contributed by atoms with E-state index in [-0.39, 0.29) is 11.7 Å². The molecular formula is C18H17NO3. The van der Waals surface area contributed by atoms with Crippen LogP contribution in [0.3, 0.4) is 0 Å². The van der Waals surface area contributed by atoms with E-state index >= 15 is 0 Å². The van der Waals surface area contributed by atoms with Crippen molar-refractivity contribution < 1.29 is 14.6 Å². The average Bonchev–Trinajstić information content (AvgIpc) is 3.02. The lowest BCUT2D eigenvalue weighted by atomic mass is 10.1. The molecule has 0 unspecified atom stereocenters. The van der Waals surface area contributed by atoms with Gasteiger partial charge in [0, 0.05) is 23.8 Å². The van der Waals surface area contributed by atoms with E-state index in [1.54, 1.807) is 24.3 Å². The first-order valence-corrected chi connectivity index (χ1v) is 7.29. The highest BCUT2D eigenvalue weighted by Gasteiger charge is 2.19. The molecule has 1 aliphatic heterocycles. The van der Waals surface area contributed by atoms with Crippen molar-refractivity contribution >= 4 is 17.4 Å². The second kappa shape index (κ2) is 5.93. The second-order valence-electron chi connectivity index (χ2n) is 5.18. The summed E-state index contributed by atoms with van der Waals surface area (Å²) < 4.78 is 5.82. The number of benzene rings is 1. The maximum Gasteiger partial charge on any atom is 0.224 e. The van der Waals surface area contributed by atoms with Gasteiger partial charge >= 0.3 is 0 Å². The van der Waals surface area contributed by atoms with Gasteiger partial charge < -0.3 is 15.2 Å². The predicted octanol–water partition coefficient (Wildman–Crippen LogP) is 4.10. The van der Waals surface area contributed by atoms with Crippen molar-refractivity contribution in [1.82, 2.24) is 0 Å². The van der Waals surface area contributed by atoms with Gasteiger partial charge in [-0.15, -0.1) is 0 Å². The van der Waals surface area contributed by atoms with Gasteiger partial charge in [0.1, 0.15) is 17.3 Å². The molecule has 4 heteroatoms. The van der Waals surface area contributed by atoms with Crippen LogP contribution >= 0.6 is 0 Å². The van der Waals surface area contributed by atoms with Crippen LogP contribution in [-0.4, -0.2) is 11.0 Å². The van der Waals surface area contributed by atoms with Gasteiger partial charge in [-0.2, -0.15) is 0 Å². The molecule has 1 aromatic carbocycles. The number of nitrogens with one attached hydrogen (secondary N) is 1. The van der Waals surface area contributed by atoms with Crippen LogP contribution in [-0.2, 0) is 4.79 Å². The van der Waals surface area contributed by atoms with E-state index in [4.69, 9.17) is 4.74 Å². The largest absolute Gasteiger partial charge is 0.507 e. The fourth-order valence-corrected chi connectivity index (χ4v) is 2.38. The fraction of sp³-hybridized carbons (Fsp3) is 0.167. The van der Waals surface area contributed by atoms with Crippen LogP contribution in [0, 0.1) is 0 Å². The number of hydrogen-bond acceptors (Lipinski definition) is 3. The number of rotatable bonds is 3. The number of allylic oxidation sites excluding steroid dienone is 6. The highest BCUT2D eigenvalue weighted by atomic mass is 16.5. The van der Waals surface area contributed by atoms with E-state index in [0.29, 0.717) is 29.2 Å². The minimum atomic E-state index is -0.0355. The van der Waals surface area contributed by atoms with Crippen molar-refractivity contribution in [3.8, 4) is 5.75 Å². The molecule has 0 saturated heterocycles. The summed E-state index contributed by atoms with van der Waals surface area (Å²) in [6.07, 6.45) is 10.5. The molecule has 1 aliphatic carbocycles. The van der Waals surface area contributed by atoms with Gasteiger partial charge in [0.05, 0.1) is 5.56 Å². The first kappa shape index (κ1) is 14.2. The summed E-state index contributed by atoms with van der Waals surface area (Å²) in [6.45, 7) is 1.95. The number of aliphatic hydroxyl groups excluding tert-OH is 1. The minimum absolute atomic E-state index is 0.0355. The summed E-state index contributed by atoms with van der Waals surface area (Å²) in [4.78, 5) is 11.6. The van der Waals surface area contributed by atoms with Crippen LogP contribution in [0.1, 0.15) is 25.3 Å². The van der Waals surface area contributed by atoms with Crippen LogP contribution in [0.25, 0.3) is 5.76 Å². The molecule has 2 N–H and O–H groups in total. The Morgan fingerprint density at radius 2 is 2.05 bits per heavy atom. The van der Waals surface area contributed by atoms with Crippen LogP contribution in [0.15, 0.2) is 59.9 Å². The van der Waals surface area contributed by atoms with E-state index < -0.39 is 0 Å². The van der Waals surface area contributed by atoms with Gasteiger partial charge in [0.15, 0.2) is 0 Å². The van der Waals surface area contributed by atoms with Crippen LogP contribution in [0.2, 0.25) is 0 Å². The predicted molar refractivity (Wildman–Crippen MR) is 86.5 cm³/mol. The third-order valence-corrected chi connectivity index (χ3v) is 3.45. The zero-order valence-corrected chi connectivity index (χ0v) is 12.3. The van der Waals surface area contributed by atoms with E-state index in [9.17, 15) is 9.90 Å². The van der Waals surface area contributed by atoms with Gasteiger partial charge in [-0.1, -0.05) is 31.2 Å². The normalized spacial score (nSPS) is 15.4. The van der Waals surface area contributed by atoms with Crippen molar-refractivity contribution in [1.29, 1.82) is 0 Å². The molecule has 4 nitrogen and oxygen atoms in total. The Kier molecular flexibility index (Phi) is 3.83. The minimum Gasteiger partial charge on any atom is -0.507 e. The first-order chi connectivity index (χ1) is 10.7. The summed E-state index contributed by atoms with van der Waals surface area (Å²) in [5.41, 5.74) is 2.14. The molecule has 1 amide bonds. The molecule has 0 radical (unpaired) electrons. The van der Waals surface area contributed by atoms with Gasteiger partial charge in [-0.25, -0.2) is 0 Å². The molecule has 0 saturated carbocycles. The molecule has 112 valence electrons. The highest BCUT2D eigenvalue weighted by molar-refractivity contribution is 5.91. The summed E-state index contributed by atoms with van der Waals surface area (Å²) in [6, 6.07) is 5.24. The Bertz CT molecular complexity index is 725. The molecule has 3 rings (SSSR count). The molecule has 0 bridgehead atoms. The van der Waals surface area contributed by atoms with Gasteiger partial charge in [0.2, 0.25) is 5.91 Å². The van der Waals surface area contributed by atoms with Gasteiger partial charge in [-0.05, 0) is 24.6 Å². The van der Waals surface area contributed by atoms with E-state index in [2.05, 4.69) is 5.32 Å². The number of anilines is 1. The Morgan fingerprint density at radius 1 is 1.27 bits per heavy atom. The molecule has 0 spiro atoms. The first-order valence-electron chi connectivity index (χ1n) is 7.29. The summed E-state index contributed by atoms with van der Waals surface area (Å²) >= 11 is 0. The Morgan fingerprint density at radius 3 is 2.77 bits per heavy atom. The number of carbonyl (C=O) groups is 1. The smallest absolute Gasteiger partial charge is 0.224 e. The molecule has 0 fully saturated rings. The number of carbonyl (C=O) groups excluding carboxylic acids is 1. The lowest BCUT2D eigenvalue weighted by Crippen LogP contribution is -2.11.